The Hall–Kier alpha value is -1.58. The molecule has 0 unspecified atom stereocenters. The van der Waals surface area contributed by atoms with E-state index in [0.717, 1.165) is 27.7 Å². The molecule has 0 saturated carbocycles. The highest BCUT2D eigenvalue weighted by molar-refractivity contribution is 14.0. The zero-order valence-electron chi connectivity index (χ0n) is 14.2. The van der Waals surface area contributed by atoms with Gasteiger partial charge < -0.3 is 15.1 Å². The fourth-order valence-electron chi connectivity index (χ4n) is 2.21. The van der Waals surface area contributed by atoms with Gasteiger partial charge >= 0.3 is 0 Å². The van der Waals surface area contributed by atoms with Gasteiger partial charge in [0.05, 0.1) is 23.7 Å². The third-order valence-electron chi connectivity index (χ3n) is 3.43. The zero-order valence-corrected chi connectivity index (χ0v) is 18.1. The van der Waals surface area contributed by atoms with Crippen LogP contribution in [-0.2, 0) is 13.1 Å². The largest absolute Gasteiger partial charge is 0.443 e. The molecule has 0 bridgehead atoms. The number of benzene rings is 1. The van der Waals surface area contributed by atoms with Gasteiger partial charge in [0.25, 0.3) is 0 Å². The maximum Gasteiger partial charge on any atom is 0.236 e. The topological polar surface area (TPSA) is 62.5 Å². The van der Waals surface area contributed by atoms with Gasteiger partial charge in [-0.2, -0.15) is 0 Å². The van der Waals surface area contributed by atoms with Crippen molar-refractivity contribution in [1.82, 2.24) is 15.6 Å². The first kappa shape index (κ1) is 20.7. The molecule has 2 aromatic heterocycles. The van der Waals surface area contributed by atoms with Gasteiger partial charge in [0, 0.05) is 11.6 Å². The Morgan fingerprint density at radius 3 is 2.81 bits per heavy atom. The van der Waals surface area contributed by atoms with Crippen molar-refractivity contribution in [2.45, 2.75) is 20.0 Å². The van der Waals surface area contributed by atoms with Crippen LogP contribution in [0.25, 0.3) is 10.8 Å². The molecular formula is C18H20ClIN4OS. The Morgan fingerprint density at radius 2 is 2.08 bits per heavy atom. The van der Waals surface area contributed by atoms with Gasteiger partial charge in [-0.3, -0.25) is 0 Å². The smallest absolute Gasteiger partial charge is 0.236 e. The van der Waals surface area contributed by atoms with E-state index < -0.39 is 0 Å². The predicted octanol–water partition coefficient (Wildman–Crippen LogP) is 4.93. The highest BCUT2D eigenvalue weighted by Gasteiger charge is 2.08. The standard InChI is InChI=1S/C18H19ClN4OS.HI/c1-2-20-18(21-10-13-6-3-4-7-15(13)19)22-11-14-12-24-17(23-14)16-8-5-9-25-16;/h3-9,12H,2,10-11H2,1H3,(H2,20,21,22);1H. The van der Waals surface area contributed by atoms with Crippen molar-refractivity contribution in [2.24, 2.45) is 4.99 Å². The number of aliphatic imine (C=N–C) groups is 1. The van der Waals surface area contributed by atoms with Crippen molar-refractivity contribution in [3.8, 4) is 10.8 Å². The third-order valence-corrected chi connectivity index (χ3v) is 4.66. The van der Waals surface area contributed by atoms with Crippen LogP contribution < -0.4 is 10.6 Å². The molecule has 3 aromatic rings. The van der Waals surface area contributed by atoms with Crippen LogP contribution >= 0.6 is 46.9 Å². The minimum absolute atomic E-state index is 0. The molecule has 0 aliphatic heterocycles. The first-order valence-electron chi connectivity index (χ1n) is 8.00. The number of hydrogen-bond donors (Lipinski definition) is 2. The van der Waals surface area contributed by atoms with E-state index in [1.807, 2.05) is 48.7 Å². The summed E-state index contributed by atoms with van der Waals surface area (Å²) in [6.45, 7) is 3.84. The van der Waals surface area contributed by atoms with Crippen molar-refractivity contribution in [3.63, 3.8) is 0 Å². The summed E-state index contributed by atoms with van der Waals surface area (Å²) in [5, 5.41) is 9.20. The predicted molar refractivity (Wildman–Crippen MR) is 118 cm³/mol. The van der Waals surface area contributed by atoms with E-state index in [9.17, 15) is 0 Å². The van der Waals surface area contributed by atoms with Crippen LogP contribution in [0, 0.1) is 0 Å². The normalized spacial score (nSPS) is 11.1. The van der Waals surface area contributed by atoms with Gasteiger partial charge in [-0.05, 0) is 30.0 Å². The minimum atomic E-state index is 0. The molecule has 8 heteroatoms. The fraction of sp³-hybridized carbons (Fsp3) is 0.222. The van der Waals surface area contributed by atoms with E-state index in [1.54, 1.807) is 17.6 Å². The summed E-state index contributed by atoms with van der Waals surface area (Å²) in [5.74, 6) is 1.35. The zero-order chi connectivity index (χ0) is 17.5. The molecule has 0 atom stereocenters. The van der Waals surface area contributed by atoms with E-state index in [-0.39, 0.29) is 24.0 Å². The summed E-state index contributed by atoms with van der Waals surface area (Å²) in [4.78, 5) is 10.1. The second-order valence-corrected chi connectivity index (χ2v) is 6.62. The molecule has 0 spiro atoms. The number of guanidine groups is 1. The summed E-state index contributed by atoms with van der Waals surface area (Å²) in [7, 11) is 0. The first-order chi connectivity index (χ1) is 12.3. The first-order valence-corrected chi connectivity index (χ1v) is 9.26. The van der Waals surface area contributed by atoms with Crippen molar-refractivity contribution in [2.75, 3.05) is 6.54 Å². The summed E-state index contributed by atoms with van der Waals surface area (Å²) in [6.07, 6.45) is 1.67. The van der Waals surface area contributed by atoms with E-state index in [1.165, 1.54) is 0 Å². The van der Waals surface area contributed by atoms with Crippen molar-refractivity contribution >= 4 is 52.9 Å². The molecule has 0 radical (unpaired) electrons. The van der Waals surface area contributed by atoms with Gasteiger partial charge in [0.15, 0.2) is 5.96 Å². The average Bonchev–Trinajstić information content (AvgIpc) is 3.30. The quantitative estimate of drug-likeness (QED) is 0.285. The van der Waals surface area contributed by atoms with Crippen LogP contribution in [0.5, 0.6) is 0 Å². The van der Waals surface area contributed by atoms with Gasteiger partial charge in [0.1, 0.15) is 6.26 Å². The van der Waals surface area contributed by atoms with Gasteiger partial charge in [0.2, 0.25) is 5.89 Å². The van der Waals surface area contributed by atoms with Crippen LogP contribution in [0.4, 0.5) is 0 Å². The van der Waals surface area contributed by atoms with E-state index in [2.05, 4.69) is 20.6 Å². The molecule has 1 aromatic carbocycles. The number of thiophene rings is 1. The molecule has 5 nitrogen and oxygen atoms in total. The molecule has 138 valence electrons. The summed E-state index contributed by atoms with van der Waals surface area (Å²) < 4.78 is 5.53. The Labute approximate surface area is 178 Å². The second-order valence-electron chi connectivity index (χ2n) is 5.26. The Morgan fingerprint density at radius 1 is 1.23 bits per heavy atom. The second kappa shape index (κ2) is 10.5. The molecule has 2 heterocycles. The van der Waals surface area contributed by atoms with Crippen LogP contribution in [0.3, 0.4) is 0 Å². The lowest BCUT2D eigenvalue weighted by molar-refractivity contribution is 0.573. The average molecular weight is 503 g/mol. The summed E-state index contributed by atoms with van der Waals surface area (Å²) in [5.41, 5.74) is 1.81. The summed E-state index contributed by atoms with van der Waals surface area (Å²) in [6, 6.07) is 11.7. The van der Waals surface area contributed by atoms with Crippen molar-refractivity contribution < 1.29 is 4.42 Å². The lowest BCUT2D eigenvalue weighted by Crippen LogP contribution is -2.36. The van der Waals surface area contributed by atoms with Gasteiger partial charge in [-0.15, -0.1) is 35.3 Å². The molecular weight excluding hydrogens is 483 g/mol. The highest BCUT2D eigenvalue weighted by atomic mass is 127. The van der Waals surface area contributed by atoms with Crippen molar-refractivity contribution in [1.29, 1.82) is 0 Å². The fourth-order valence-corrected chi connectivity index (χ4v) is 3.06. The highest BCUT2D eigenvalue weighted by Crippen LogP contribution is 2.23. The lowest BCUT2D eigenvalue weighted by Gasteiger charge is -2.10. The number of halogens is 2. The number of hydrogen-bond acceptors (Lipinski definition) is 4. The Kier molecular flexibility index (Phi) is 8.40. The van der Waals surface area contributed by atoms with Crippen LogP contribution in [0.15, 0.2) is 57.5 Å². The number of rotatable bonds is 6. The number of nitrogens with one attached hydrogen (secondary N) is 2. The number of nitrogens with zero attached hydrogens (tertiary/aromatic N) is 2. The number of oxazole rings is 1. The molecule has 2 N–H and O–H groups in total. The lowest BCUT2D eigenvalue weighted by atomic mass is 10.2. The van der Waals surface area contributed by atoms with Crippen molar-refractivity contribution in [3.05, 3.63) is 64.3 Å². The third kappa shape index (κ3) is 5.72. The van der Waals surface area contributed by atoms with E-state index in [0.29, 0.717) is 24.9 Å². The number of aromatic nitrogens is 1. The van der Waals surface area contributed by atoms with Crippen LogP contribution in [-0.4, -0.2) is 17.5 Å². The van der Waals surface area contributed by atoms with E-state index >= 15 is 0 Å². The maximum absolute atomic E-state index is 6.18. The SMILES string of the molecule is CCNC(=NCc1ccccc1Cl)NCc1coc(-c2cccs2)n1.I. The Balaban J connectivity index is 0.00000243. The summed E-state index contributed by atoms with van der Waals surface area (Å²) >= 11 is 7.78. The molecule has 0 amide bonds. The molecule has 26 heavy (non-hydrogen) atoms. The monoisotopic (exact) mass is 502 g/mol. The van der Waals surface area contributed by atoms with Gasteiger partial charge in [-0.25, -0.2) is 9.98 Å². The molecule has 3 rings (SSSR count). The van der Waals surface area contributed by atoms with Crippen LogP contribution in [0.2, 0.25) is 5.02 Å². The van der Waals surface area contributed by atoms with Gasteiger partial charge in [-0.1, -0.05) is 35.9 Å². The molecule has 0 fully saturated rings. The van der Waals surface area contributed by atoms with E-state index in [4.69, 9.17) is 16.0 Å². The molecule has 0 aliphatic rings. The maximum atomic E-state index is 6.18. The molecule has 0 aliphatic carbocycles. The molecule has 0 saturated heterocycles. The van der Waals surface area contributed by atoms with Crippen LogP contribution in [0.1, 0.15) is 18.2 Å². The minimum Gasteiger partial charge on any atom is -0.443 e. The Bertz CT molecular complexity index is 835.